The van der Waals surface area contributed by atoms with Gasteiger partial charge in [-0.1, -0.05) is 11.6 Å². The predicted octanol–water partition coefficient (Wildman–Crippen LogP) is 2.62. The van der Waals surface area contributed by atoms with E-state index in [0.717, 1.165) is 29.5 Å². The normalized spacial score (nSPS) is 10.5. The topological polar surface area (TPSA) is 53.9 Å². The summed E-state index contributed by atoms with van der Waals surface area (Å²) in [5.74, 6) is 0.802. The van der Waals surface area contributed by atoms with Gasteiger partial charge in [-0.15, -0.1) is 11.3 Å². The summed E-state index contributed by atoms with van der Waals surface area (Å²) in [4.78, 5) is 15.9. The molecule has 19 heavy (non-hydrogen) atoms. The molecule has 0 radical (unpaired) electrons. The summed E-state index contributed by atoms with van der Waals surface area (Å²) in [5, 5.41) is 4.60. The Kier molecular flexibility index (Phi) is 4.55. The van der Waals surface area contributed by atoms with E-state index in [9.17, 15) is 0 Å². The van der Waals surface area contributed by atoms with Gasteiger partial charge in [-0.2, -0.15) is 0 Å². The van der Waals surface area contributed by atoms with Crippen LogP contribution >= 0.6 is 22.9 Å². The summed E-state index contributed by atoms with van der Waals surface area (Å²) >= 11 is 7.77. The number of aryl methyl sites for hydroxylation is 1. The van der Waals surface area contributed by atoms with Crippen LogP contribution in [0.15, 0.2) is 12.5 Å². The van der Waals surface area contributed by atoms with Gasteiger partial charge in [0.2, 0.25) is 0 Å². The minimum absolute atomic E-state index is 0.435. The summed E-state index contributed by atoms with van der Waals surface area (Å²) in [5.41, 5.74) is 0.752. The Hall–Kier alpha value is -1.40. The minimum atomic E-state index is 0.435. The second-order valence-corrected chi connectivity index (χ2v) is 5.83. The van der Waals surface area contributed by atoms with Crippen LogP contribution in [0.3, 0.4) is 0 Å². The van der Waals surface area contributed by atoms with Gasteiger partial charge in [-0.25, -0.2) is 15.0 Å². The lowest BCUT2D eigenvalue weighted by atomic mass is 10.3. The van der Waals surface area contributed by atoms with Gasteiger partial charge >= 0.3 is 0 Å². The van der Waals surface area contributed by atoms with Gasteiger partial charge in [0.15, 0.2) is 11.0 Å². The lowest BCUT2D eigenvalue weighted by Gasteiger charge is -2.20. The molecule has 5 nitrogen and oxygen atoms in total. The summed E-state index contributed by atoms with van der Waals surface area (Å²) in [6.45, 7) is 2.89. The lowest BCUT2D eigenvalue weighted by molar-refractivity contribution is 0.850. The van der Waals surface area contributed by atoms with Crippen molar-refractivity contribution in [3.05, 3.63) is 27.6 Å². The fourth-order valence-corrected chi connectivity index (χ4v) is 2.74. The quantitative estimate of drug-likeness (QED) is 0.860. The average Bonchev–Trinajstić information content (AvgIpc) is 2.81. The first-order valence-corrected chi connectivity index (χ1v) is 7.12. The summed E-state index contributed by atoms with van der Waals surface area (Å²) in [7, 11) is 3.80. The predicted molar refractivity (Wildman–Crippen MR) is 80.4 cm³/mol. The van der Waals surface area contributed by atoms with Crippen LogP contribution in [0.4, 0.5) is 11.5 Å². The fraction of sp³-hybridized carbons (Fsp3) is 0.417. The van der Waals surface area contributed by atoms with Crippen LogP contribution in [0.1, 0.15) is 9.88 Å². The number of anilines is 2. The minimum Gasteiger partial charge on any atom is -0.383 e. The number of nitrogens with one attached hydrogen (secondary N) is 1. The molecule has 0 saturated heterocycles. The zero-order valence-electron chi connectivity index (χ0n) is 11.1. The van der Waals surface area contributed by atoms with Gasteiger partial charge in [0.1, 0.15) is 12.0 Å². The SMILES string of the molecule is CNc1c(Cl)ncnc1N(C)CCc1ncc(C)s1. The summed E-state index contributed by atoms with van der Waals surface area (Å²) in [6, 6.07) is 0. The van der Waals surface area contributed by atoms with E-state index >= 15 is 0 Å². The molecule has 0 spiro atoms. The van der Waals surface area contributed by atoms with Crippen molar-refractivity contribution in [2.45, 2.75) is 13.3 Å². The molecule has 2 heterocycles. The van der Waals surface area contributed by atoms with Crippen molar-refractivity contribution in [2.24, 2.45) is 0 Å². The molecule has 1 N–H and O–H groups in total. The molecule has 0 bridgehead atoms. The Balaban J connectivity index is 2.07. The van der Waals surface area contributed by atoms with Crippen molar-refractivity contribution in [3.8, 4) is 0 Å². The Morgan fingerprint density at radius 2 is 2.16 bits per heavy atom. The monoisotopic (exact) mass is 297 g/mol. The van der Waals surface area contributed by atoms with Crippen LogP contribution in [0.5, 0.6) is 0 Å². The molecule has 0 fully saturated rings. The number of hydrogen-bond donors (Lipinski definition) is 1. The molecule has 2 rings (SSSR count). The third-order valence-electron chi connectivity index (χ3n) is 2.72. The van der Waals surface area contributed by atoms with Crippen molar-refractivity contribution in [2.75, 3.05) is 30.9 Å². The molecule has 0 aliphatic carbocycles. The largest absolute Gasteiger partial charge is 0.383 e. The van der Waals surface area contributed by atoms with E-state index in [0.29, 0.717) is 5.15 Å². The molecular formula is C12H16ClN5S. The van der Waals surface area contributed by atoms with E-state index in [-0.39, 0.29) is 0 Å². The molecule has 0 unspecified atom stereocenters. The van der Waals surface area contributed by atoms with Crippen molar-refractivity contribution in [1.29, 1.82) is 0 Å². The van der Waals surface area contributed by atoms with E-state index in [1.54, 1.807) is 11.3 Å². The van der Waals surface area contributed by atoms with Crippen LogP contribution in [-0.4, -0.2) is 35.6 Å². The second-order valence-electron chi connectivity index (χ2n) is 4.15. The molecular weight excluding hydrogens is 282 g/mol. The number of hydrogen-bond acceptors (Lipinski definition) is 6. The molecule has 0 amide bonds. The van der Waals surface area contributed by atoms with Crippen LogP contribution < -0.4 is 10.2 Å². The highest BCUT2D eigenvalue weighted by atomic mass is 35.5. The molecule has 0 aliphatic heterocycles. The fourth-order valence-electron chi connectivity index (χ4n) is 1.75. The molecule has 0 saturated carbocycles. The third-order valence-corrected chi connectivity index (χ3v) is 3.98. The molecule has 0 aliphatic rings. The highest BCUT2D eigenvalue weighted by molar-refractivity contribution is 7.11. The van der Waals surface area contributed by atoms with Gasteiger partial charge in [-0.05, 0) is 6.92 Å². The van der Waals surface area contributed by atoms with Crippen LogP contribution in [0.25, 0.3) is 0 Å². The van der Waals surface area contributed by atoms with Gasteiger partial charge in [0, 0.05) is 38.1 Å². The van der Waals surface area contributed by atoms with Gasteiger partial charge in [0.05, 0.1) is 5.01 Å². The number of nitrogens with zero attached hydrogens (tertiary/aromatic N) is 4. The number of aromatic nitrogens is 3. The van der Waals surface area contributed by atoms with Crippen molar-refractivity contribution < 1.29 is 0 Å². The number of halogens is 1. The lowest BCUT2D eigenvalue weighted by Crippen LogP contribution is -2.22. The smallest absolute Gasteiger partial charge is 0.157 e. The highest BCUT2D eigenvalue weighted by Gasteiger charge is 2.12. The van der Waals surface area contributed by atoms with Crippen LogP contribution in [-0.2, 0) is 6.42 Å². The van der Waals surface area contributed by atoms with Crippen molar-refractivity contribution in [3.63, 3.8) is 0 Å². The van der Waals surface area contributed by atoms with Crippen LogP contribution in [0.2, 0.25) is 5.15 Å². The molecule has 0 atom stereocenters. The number of thiazole rings is 1. The maximum Gasteiger partial charge on any atom is 0.157 e. The third kappa shape index (κ3) is 3.33. The van der Waals surface area contributed by atoms with E-state index < -0.39 is 0 Å². The molecule has 7 heteroatoms. The molecule has 102 valence electrons. The first kappa shape index (κ1) is 14.0. The van der Waals surface area contributed by atoms with Crippen molar-refractivity contribution >= 4 is 34.4 Å². The maximum absolute atomic E-state index is 6.04. The average molecular weight is 298 g/mol. The Labute approximate surface area is 121 Å². The Morgan fingerprint density at radius 3 is 2.79 bits per heavy atom. The number of rotatable bonds is 5. The zero-order valence-corrected chi connectivity index (χ0v) is 12.7. The Morgan fingerprint density at radius 1 is 1.37 bits per heavy atom. The van der Waals surface area contributed by atoms with E-state index in [1.165, 1.54) is 11.2 Å². The molecule has 2 aromatic heterocycles. The first-order valence-electron chi connectivity index (χ1n) is 5.92. The summed E-state index contributed by atoms with van der Waals surface area (Å²) in [6.07, 6.45) is 4.27. The molecule has 2 aromatic rings. The zero-order chi connectivity index (χ0) is 13.8. The molecule has 0 aromatic carbocycles. The second kappa shape index (κ2) is 6.16. The van der Waals surface area contributed by atoms with E-state index in [4.69, 9.17) is 11.6 Å². The first-order chi connectivity index (χ1) is 9.11. The number of likely N-dealkylation sites (N-methyl/N-ethyl adjacent to an activating group) is 1. The van der Waals surface area contributed by atoms with E-state index in [1.807, 2.05) is 20.3 Å². The maximum atomic E-state index is 6.04. The van der Waals surface area contributed by atoms with Crippen LogP contribution in [0, 0.1) is 6.92 Å². The standard InChI is InChI=1S/C12H16ClN5S/c1-8-6-15-9(19-8)4-5-18(3)12-10(14-2)11(13)16-7-17-12/h6-7,14H,4-5H2,1-3H3. The highest BCUT2D eigenvalue weighted by Crippen LogP contribution is 2.28. The summed E-state index contributed by atoms with van der Waals surface area (Å²) < 4.78 is 0. The van der Waals surface area contributed by atoms with E-state index in [2.05, 4.69) is 32.1 Å². The van der Waals surface area contributed by atoms with Gasteiger partial charge in [0.25, 0.3) is 0 Å². The van der Waals surface area contributed by atoms with Gasteiger partial charge in [-0.3, -0.25) is 0 Å². The van der Waals surface area contributed by atoms with Gasteiger partial charge < -0.3 is 10.2 Å². The Bertz CT molecular complexity index is 557. The van der Waals surface area contributed by atoms with Crippen molar-refractivity contribution in [1.82, 2.24) is 15.0 Å².